The van der Waals surface area contributed by atoms with Gasteiger partial charge < -0.3 is 5.32 Å². The zero-order valence-electron chi connectivity index (χ0n) is 9.64. The standard InChI is InChI=1S/C12H22N2/c1-5-7-8-14-10-12(3,4)13-9-11(14)6-2/h1,11,13H,6-10H2,2-4H3. The van der Waals surface area contributed by atoms with Crippen LogP contribution >= 0.6 is 0 Å². The van der Waals surface area contributed by atoms with Gasteiger partial charge in [-0.1, -0.05) is 6.92 Å². The lowest BCUT2D eigenvalue weighted by Gasteiger charge is -2.44. The van der Waals surface area contributed by atoms with E-state index in [2.05, 4.69) is 36.9 Å². The van der Waals surface area contributed by atoms with Gasteiger partial charge in [0.15, 0.2) is 0 Å². The van der Waals surface area contributed by atoms with Gasteiger partial charge in [0.2, 0.25) is 0 Å². The maximum atomic E-state index is 5.31. The van der Waals surface area contributed by atoms with Crippen LogP contribution in [-0.2, 0) is 0 Å². The normalized spacial score (nSPS) is 27.1. The summed E-state index contributed by atoms with van der Waals surface area (Å²) in [6, 6.07) is 0.663. The number of hydrogen-bond acceptors (Lipinski definition) is 2. The van der Waals surface area contributed by atoms with Crippen LogP contribution in [0.3, 0.4) is 0 Å². The van der Waals surface area contributed by atoms with Crippen molar-refractivity contribution in [2.24, 2.45) is 0 Å². The molecule has 80 valence electrons. The monoisotopic (exact) mass is 194 g/mol. The second-order valence-electron chi connectivity index (χ2n) is 4.75. The Kier molecular flexibility index (Phi) is 3.97. The minimum atomic E-state index is 0.236. The summed E-state index contributed by atoms with van der Waals surface area (Å²) in [4.78, 5) is 2.52. The lowest BCUT2D eigenvalue weighted by Crippen LogP contribution is -2.61. The highest BCUT2D eigenvalue weighted by Gasteiger charge is 2.30. The van der Waals surface area contributed by atoms with Crippen LogP contribution in [0.5, 0.6) is 0 Å². The fourth-order valence-electron chi connectivity index (χ4n) is 2.09. The first-order valence-electron chi connectivity index (χ1n) is 5.51. The minimum absolute atomic E-state index is 0.236. The summed E-state index contributed by atoms with van der Waals surface area (Å²) in [7, 11) is 0. The molecule has 1 N–H and O–H groups in total. The molecule has 0 aromatic rings. The molecule has 1 heterocycles. The fourth-order valence-corrected chi connectivity index (χ4v) is 2.09. The molecule has 0 amide bonds. The number of rotatable bonds is 3. The molecule has 2 heteroatoms. The zero-order chi connectivity index (χ0) is 10.6. The molecule has 0 aliphatic carbocycles. The molecule has 2 nitrogen and oxygen atoms in total. The van der Waals surface area contributed by atoms with Crippen LogP contribution in [0.15, 0.2) is 0 Å². The van der Waals surface area contributed by atoms with E-state index in [0.717, 1.165) is 26.1 Å². The molecular formula is C12H22N2. The van der Waals surface area contributed by atoms with Gasteiger partial charge in [-0.25, -0.2) is 0 Å². The molecule has 1 rings (SSSR count). The predicted octanol–water partition coefficient (Wildman–Crippen LogP) is 1.47. The molecule has 1 saturated heterocycles. The van der Waals surface area contributed by atoms with Crippen LogP contribution in [0.1, 0.15) is 33.6 Å². The largest absolute Gasteiger partial charge is 0.309 e. The highest BCUT2D eigenvalue weighted by molar-refractivity contribution is 4.94. The first-order chi connectivity index (χ1) is 6.59. The molecule has 14 heavy (non-hydrogen) atoms. The molecule has 0 radical (unpaired) electrons. The smallest absolute Gasteiger partial charge is 0.0252 e. The highest BCUT2D eigenvalue weighted by atomic mass is 15.2. The van der Waals surface area contributed by atoms with E-state index in [1.54, 1.807) is 0 Å². The second-order valence-corrected chi connectivity index (χ2v) is 4.75. The van der Waals surface area contributed by atoms with Crippen LogP contribution in [0.4, 0.5) is 0 Å². The maximum absolute atomic E-state index is 5.31. The van der Waals surface area contributed by atoms with E-state index in [-0.39, 0.29) is 5.54 Å². The molecular weight excluding hydrogens is 172 g/mol. The van der Waals surface area contributed by atoms with Crippen LogP contribution in [0, 0.1) is 12.3 Å². The van der Waals surface area contributed by atoms with Gasteiger partial charge in [-0.2, -0.15) is 0 Å². The van der Waals surface area contributed by atoms with E-state index < -0.39 is 0 Å². The van der Waals surface area contributed by atoms with Crippen molar-refractivity contribution in [3.05, 3.63) is 0 Å². The molecule has 0 spiro atoms. The summed E-state index contributed by atoms with van der Waals surface area (Å²) in [6.45, 7) is 9.98. The van der Waals surface area contributed by atoms with E-state index >= 15 is 0 Å². The van der Waals surface area contributed by atoms with Gasteiger partial charge in [0.05, 0.1) is 0 Å². The van der Waals surface area contributed by atoms with Crippen molar-refractivity contribution in [3.8, 4) is 12.3 Å². The summed E-state index contributed by atoms with van der Waals surface area (Å²) >= 11 is 0. The Morgan fingerprint density at radius 1 is 1.57 bits per heavy atom. The zero-order valence-corrected chi connectivity index (χ0v) is 9.64. The predicted molar refractivity (Wildman–Crippen MR) is 61.2 cm³/mol. The average molecular weight is 194 g/mol. The average Bonchev–Trinajstić information content (AvgIpc) is 2.14. The van der Waals surface area contributed by atoms with Gasteiger partial charge in [0.25, 0.3) is 0 Å². The van der Waals surface area contributed by atoms with Gasteiger partial charge in [0, 0.05) is 37.6 Å². The molecule has 0 bridgehead atoms. The SMILES string of the molecule is C#CCCN1CC(C)(C)NCC1CC. The summed E-state index contributed by atoms with van der Waals surface area (Å²) < 4.78 is 0. The van der Waals surface area contributed by atoms with Crippen molar-refractivity contribution >= 4 is 0 Å². The Hall–Kier alpha value is -0.520. The third-order valence-corrected chi connectivity index (χ3v) is 2.95. The van der Waals surface area contributed by atoms with Crippen LogP contribution in [-0.4, -0.2) is 36.1 Å². The lowest BCUT2D eigenvalue weighted by molar-refractivity contribution is 0.0952. The molecule has 0 aromatic heterocycles. The van der Waals surface area contributed by atoms with Crippen molar-refractivity contribution in [2.75, 3.05) is 19.6 Å². The van der Waals surface area contributed by atoms with Crippen LogP contribution in [0.2, 0.25) is 0 Å². The third kappa shape index (κ3) is 3.01. The number of nitrogens with zero attached hydrogens (tertiary/aromatic N) is 1. The quantitative estimate of drug-likeness (QED) is 0.685. The molecule has 0 aromatic carbocycles. The highest BCUT2D eigenvalue weighted by Crippen LogP contribution is 2.16. The van der Waals surface area contributed by atoms with Crippen molar-refractivity contribution in [1.29, 1.82) is 0 Å². The maximum Gasteiger partial charge on any atom is 0.0252 e. The van der Waals surface area contributed by atoms with E-state index in [4.69, 9.17) is 6.42 Å². The first-order valence-corrected chi connectivity index (χ1v) is 5.51. The van der Waals surface area contributed by atoms with Crippen molar-refractivity contribution in [1.82, 2.24) is 10.2 Å². The Bertz CT molecular complexity index is 215. The fraction of sp³-hybridized carbons (Fsp3) is 0.833. The van der Waals surface area contributed by atoms with E-state index in [9.17, 15) is 0 Å². The van der Waals surface area contributed by atoms with E-state index in [1.807, 2.05) is 0 Å². The van der Waals surface area contributed by atoms with Gasteiger partial charge >= 0.3 is 0 Å². The number of terminal acetylenes is 1. The van der Waals surface area contributed by atoms with Gasteiger partial charge in [-0.15, -0.1) is 12.3 Å². The first kappa shape index (κ1) is 11.6. The summed E-state index contributed by atoms with van der Waals surface area (Å²) in [6.07, 6.45) is 7.38. The second kappa shape index (κ2) is 4.82. The molecule has 1 atom stereocenters. The molecule has 1 aliphatic rings. The molecule has 1 aliphatic heterocycles. The number of piperazine rings is 1. The molecule has 1 fully saturated rings. The third-order valence-electron chi connectivity index (χ3n) is 2.95. The van der Waals surface area contributed by atoms with Gasteiger partial charge in [-0.3, -0.25) is 4.90 Å². The Labute approximate surface area is 88.1 Å². The van der Waals surface area contributed by atoms with Crippen molar-refractivity contribution in [2.45, 2.75) is 45.2 Å². The number of nitrogens with one attached hydrogen (secondary N) is 1. The van der Waals surface area contributed by atoms with Crippen molar-refractivity contribution < 1.29 is 0 Å². The van der Waals surface area contributed by atoms with Crippen molar-refractivity contribution in [3.63, 3.8) is 0 Å². The van der Waals surface area contributed by atoms with Gasteiger partial charge in [0.1, 0.15) is 0 Å². The summed E-state index contributed by atoms with van der Waals surface area (Å²) in [5.41, 5.74) is 0.236. The minimum Gasteiger partial charge on any atom is -0.309 e. The summed E-state index contributed by atoms with van der Waals surface area (Å²) in [5, 5.41) is 3.57. The molecule has 0 saturated carbocycles. The Morgan fingerprint density at radius 3 is 2.86 bits per heavy atom. The topological polar surface area (TPSA) is 15.3 Å². The Morgan fingerprint density at radius 2 is 2.29 bits per heavy atom. The summed E-state index contributed by atoms with van der Waals surface area (Å²) in [5.74, 6) is 2.72. The lowest BCUT2D eigenvalue weighted by atomic mass is 9.97. The van der Waals surface area contributed by atoms with Crippen LogP contribution in [0.25, 0.3) is 0 Å². The van der Waals surface area contributed by atoms with Gasteiger partial charge in [-0.05, 0) is 20.3 Å². The Balaban J connectivity index is 2.52. The number of hydrogen-bond donors (Lipinski definition) is 1. The van der Waals surface area contributed by atoms with Crippen LogP contribution < -0.4 is 5.32 Å². The molecule has 1 unspecified atom stereocenters. The van der Waals surface area contributed by atoms with E-state index in [1.165, 1.54) is 6.42 Å². The van der Waals surface area contributed by atoms with E-state index in [0.29, 0.717) is 6.04 Å².